The molecule has 0 saturated heterocycles. The molecular formula is C13H18N2O5. The van der Waals surface area contributed by atoms with Gasteiger partial charge in [0, 0.05) is 26.7 Å². The van der Waals surface area contributed by atoms with Gasteiger partial charge in [-0.15, -0.1) is 0 Å². The van der Waals surface area contributed by atoms with Crippen molar-refractivity contribution in [2.45, 2.75) is 13.3 Å². The highest BCUT2D eigenvalue weighted by atomic mass is 16.4. The molecule has 110 valence electrons. The average Bonchev–Trinajstić information content (AvgIpc) is 2.86. The zero-order valence-corrected chi connectivity index (χ0v) is 11.8. The minimum absolute atomic E-state index is 0.0667. The second-order valence-electron chi connectivity index (χ2n) is 4.52. The fourth-order valence-electron chi connectivity index (χ4n) is 1.54. The summed E-state index contributed by atoms with van der Waals surface area (Å²) in [6.07, 6.45) is 1.69. The molecule has 2 amide bonds. The van der Waals surface area contributed by atoms with Gasteiger partial charge in [0.1, 0.15) is 12.8 Å². The van der Waals surface area contributed by atoms with Crippen LogP contribution in [0, 0.1) is 0 Å². The number of likely N-dealkylation sites (N-methyl/N-ethyl adjacent to an activating group) is 1. The summed E-state index contributed by atoms with van der Waals surface area (Å²) in [5.74, 6) is -1.95. The van der Waals surface area contributed by atoms with E-state index in [1.807, 2.05) is 6.92 Å². The first-order valence-corrected chi connectivity index (χ1v) is 6.18. The topological polar surface area (TPSA) is 91.1 Å². The van der Waals surface area contributed by atoms with Crippen LogP contribution in [0.4, 0.5) is 0 Å². The molecule has 0 unspecified atom stereocenters. The van der Waals surface area contributed by atoms with Crippen molar-refractivity contribution in [1.29, 1.82) is 0 Å². The monoisotopic (exact) mass is 282 g/mol. The van der Waals surface area contributed by atoms with Gasteiger partial charge in [-0.05, 0) is 6.42 Å². The number of rotatable bonds is 6. The van der Waals surface area contributed by atoms with Crippen molar-refractivity contribution in [3.63, 3.8) is 0 Å². The van der Waals surface area contributed by atoms with Crippen molar-refractivity contribution in [1.82, 2.24) is 9.80 Å². The Bertz CT molecular complexity index is 507. The Morgan fingerprint density at radius 3 is 2.40 bits per heavy atom. The first-order valence-electron chi connectivity index (χ1n) is 6.18. The molecule has 7 heteroatoms. The van der Waals surface area contributed by atoms with Gasteiger partial charge in [0.15, 0.2) is 5.76 Å². The quantitative estimate of drug-likeness (QED) is 0.837. The third-order valence-electron chi connectivity index (χ3n) is 2.66. The molecule has 7 nitrogen and oxygen atoms in total. The lowest BCUT2D eigenvalue weighted by atomic mass is 10.3. The van der Waals surface area contributed by atoms with Crippen molar-refractivity contribution >= 4 is 17.8 Å². The third-order valence-corrected chi connectivity index (χ3v) is 2.66. The lowest BCUT2D eigenvalue weighted by Gasteiger charge is -2.22. The summed E-state index contributed by atoms with van der Waals surface area (Å²) < 4.78 is 4.96. The smallest absolute Gasteiger partial charge is 0.338 e. The normalized spacial score (nSPS) is 10.2. The van der Waals surface area contributed by atoms with Gasteiger partial charge >= 0.3 is 5.97 Å². The first kappa shape index (κ1) is 15.7. The zero-order valence-electron chi connectivity index (χ0n) is 11.8. The molecule has 1 N–H and O–H groups in total. The summed E-state index contributed by atoms with van der Waals surface area (Å²) in [7, 11) is 3.21. The lowest BCUT2D eigenvalue weighted by molar-refractivity contribution is -0.129. The molecule has 0 fully saturated rings. The van der Waals surface area contributed by atoms with Gasteiger partial charge in [0.05, 0.1) is 5.56 Å². The lowest BCUT2D eigenvalue weighted by Crippen LogP contribution is -2.40. The maximum atomic E-state index is 12.2. The van der Waals surface area contributed by atoms with E-state index in [4.69, 9.17) is 9.52 Å². The summed E-state index contributed by atoms with van der Waals surface area (Å²) in [5.41, 5.74) is -0.0938. The number of carbonyl (C=O) groups is 3. The van der Waals surface area contributed by atoms with Crippen LogP contribution < -0.4 is 0 Å². The second-order valence-corrected chi connectivity index (χ2v) is 4.52. The van der Waals surface area contributed by atoms with Gasteiger partial charge in [-0.25, -0.2) is 4.79 Å². The molecule has 0 aromatic carbocycles. The summed E-state index contributed by atoms with van der Waals surface area (Å²) in [4.78, 5) is 37.4. The summed E-state index contributed by atoms with van der Waals surface area (Å²) in [6, 6.07) is 1.16. The van der Waals surface area contributed by atoms with Crippen LogP contribution in [0.1, 0.15) is 34.3 Å². The number of amides is 2. The predicted molar refractivity (Wildman–Crippen MR) is 70.6 cm³/mol. The Balaban J connectivity index is 2.87. The van der Waals surface area contributed by atoms with Gasteiger partial charge in [0.25, 0.3) is 5.91 Å². The number of furan rings is 1. The van der Waals surface area contributed by atoms with E-state index in [-0.39, 0.29) is 23.8 Å². The van der Waals surface area contributed by atoms with Crippen LogP contribution in [0.5, 0.6) is 0 Å². The Kier molecular flexibility index (Phi) is 5.31. The van der Waals surface area contributed by atoms with Gasteiger partial charge in [-0.3, -0.25) is 9.59 Å². The number of aromatic carboxylic acids is 1. The van der Waals surface area contributed by atoms with Crippen LogP contribution in [-0.4, -0.2) is 59.9 Å². The van der Waals surface area contributed by atoms with Crippen LogP contribution in [-0.2, 0) is 4.79 Å². The molecule has 1 aromatic heterocycles. The molecule has 0 atom stereocenters. The molecule has 1 aromatic rings. The first-order chi connectivity index (χ1) is 9.36. The molecule has 1 heterocycles. The zero-order chi connectivity index (χ0) is 15.3. The van der Waals surface area contributed by atoms with Crippen molar-refractivity contribution in [2.75, 3.05) is 27.2 Å². The molecule has 0 saturated carbocycles. The fourth-order valence-corrected chi connectivity index (χ4v) is 1.54. The molecule has 20 heavy (non-hydrogen) atoms. The molecule has 0 aliphatic carbocycles. The average molecular weight is 282 g/mol. The second kappa shape index (κ2) is 6.74. The van der Waals surface area contributed by atoms with Crippen LogP contribution >= 0.6 is 0 Å². The van der Waals surface area contributed by atoms with Crippen molar-refractivity contribution in [2.24, 2.45) is 0 Å². The number of carbonyl (C=O) groups excluding carboxylic acids is 2. The van der Waals surface area contributed by atoms with Crippen LogP contribution in [0.25, 0.3) is 0 Å². The molecule has 0 aliphatic heterocycles. The largest absolute Gasteiger partial charge is 0.478 e. The predicted octanol–water partition coefficient (Wildman–Crippen LogP) is 0.918. The number of hydrogen-bond donors (Lipinski definition) is 1. The molecule has 1 rings (SSSR count). The minimum Gasteiger partial charge on any atom is -0.478 e. The summed E-state index contributed by atoms with van der Waals surface area (Å²) >= 11 is 0. The molecule has 0 aliphatic rings. The SMILES string of the molecule is CCCN(CC(=O)N(C)C)C(=O)c1cc(C(=O)O)co1. The van der Waals surface area contributed by atoms with E-state index < -0.39 is 11.9 Å². The van der Waals surface area contributed by atoms with E-state index in [1.54, 1.807) is 14.1 Å². The van der Waals surface area contributed by atoms with Gasteiger partial charge in [-0.2, -0.15) is 0 Å². The van der Waals surface area contributed by atoms with E-state index >= 15 is 0 Å². The van der Waals surface area contributed by atoms with Crippen molar-refractivity contribution in [3.05, 3.63) is 23.7 Å². The van der Waals surface area contributed by atoms with E-state index in [1.165, 1.54) is 9.80 Å². The minimum atomic E-state index is -1.17. The molecule has 0 bridgehead atoms. The molecule has 0 spiro atoms. The van der Waals surface area contributed by atoms with Crippen LogP contribution in [0.2, 0.25) is 0 Å². The van der Waals surface area contributed by atoms with E-state index in [0.29, 0.717) is 13.0 Å². The van der Waals surface area contributed by atoms with Crippen LogP contribution in [0.15, 0.2) is 16.7 Å². The van der Waals surface area contributed by atoms with E-state index in [9.17, 15) is 14.4 Å². The van der Waals surface area contributed by atoms with Crippen molar-refractivity contribution in [3.8, 4) is 0 Å². The highest BCUT2D eigenvalue weighted by Gasteiger charge is 2.22. The Morgan fingerprint density at radius 2 is 1.95 bits per heavy atom. The Hall–Kier alpha value is -2.31. The van der Waals surface area contributed by atoms with Crippen molar-refractivity contribution < 1.29 is 23.9 Å². The number of carboxylic acid groups (broad SMARTS) is 1. The van der Waals surface area contributed by atoms with Gasteiger partial charge < -0.3 is 19.3 Å². The molecule has 0 radical (unpaired) electrons. The van der Waals surface area contributed by atoms with E-state index in [2.05, 4.69) is 0 Å². The summed E-state index contributed by atoms with van der Waals surface area (Å²) in [6.45, 7) is 2.20. The molecular weight excluding hydrogens is 264 g/mol. The van der Waals surface area contributed by atoms with Gasteiger partial charge in [-0.1, -0.05) is 6.92 Å². The highest BCUT2D eigenvalue weighted by molar-refractivity contribution is 5.97. The highest BCUT2D eigenvalue weighted by Crippen LogP contribution is 2.11. The maximum absolute atomic E-state index is 12.2. The third kappa shape index (κ3) is 3.84. The number of nitrogens with zero attached hydrogens (tertiary/aromatic N) is 2. The summed E-state index contributed by atoms with van der Waals surface area (Å²) in [5, 5.41) is 8.79. The number of hydrogen-bond acceptors (Lipinski definition) is 4. The Labute approximate surface area is 116 Å². The Morgan fingerprint density at radius 1 is 1.30 bits per heavy atom. The fraction of sp³-hybridized carbons (Fsp3) is 0.462. The van der Waals surface area contributed by atoms with Crippen LogP contribution in [0.3, 0.4) is 0 Å². The van der Waals surface area contributed by atoms with E-state index in [0.717, 1.165) is 12.3 Å². The number of carboxylic acids is 1. The van der Waals surface area contributed by atoms with Gasteiger partial charge in [0.2, 0.25) is 5.91 Å². The standard InChI is InChI=1S/C13H18N2O5/c1-4-5-15(7-11(16)14(2)3)12(17)10-6-9(8-20-10)13(18)19/h6,8H,4-5,7H2,1-3H3,(H,18,19). The maximum Gasteiger partial charge on any atom is 0.338 e.